The predicted molar refractivity (Wildman–Crippen MR) is 97.8 cm³/mol. The van der Waals surface area contributed by atoms with E-state index >= 15 is 0 Å². The third kappa shape index (κ3) is 7.13. The molecule has 0 aliphatic heterocycles. The number of rotatable bonds is 9. The van der Waals surface area contributed by atoms with Crippen molar-refractivity contribution in [2.45, 2.75) is 53.1 Å². The Labute approximate surface area is 145 Å². The molecule has 1 aromatic rings. The van der Waals surface area contributed by atoms with Crippen molar-refractivity contribution in [2.24, 2.45) is 0 Å². The number of hydrogen-bond donors (Lipinski definition) is 2. The van der Waals surface area contributed by atoms with E-state index in [4.69, 9.17) is 0 Å². The second kappa shape index (κ2) is 10.1. The normalized spacial score (nSPS) is 12.3. The van der Waals surface area contributed by atoms with Crippen molar-refractivity contribution < 1.29 is 9.59 Å². The minimum Gasteiger partial charge on any atom is -0.353 e. The summed E-state index contributed by atoms with van der Waals surface area (Å²) in [7, 11) is 0. The summed E-state index contributed by atoms with van der Waals surface area (Å²) in [5.74, 6) is -0.121. The summed E-state index contributed by atoms with van der Waals surface area (Å²) in [5, 5.41) is 5.85. The fraction of sp³-hybridized carbons (Fsp3) is 0.579. The van der Waals surface area contributed by atoms with E-state index in [1.165, 1.54) is 5.56 Å². The summed E-state index contributed by atoms with van der Waals surface area (Å²) in [5.41, 5.74) is 2.37. The summed E-state index contributed by atoms with van der Waals surface area (Å²) in [4.78, 5) is 25.9. The van der Waals surface area contributed by atoms with Crippen LogP contribution in [0, 0.1) is 0 Å². The molecule has 0 saturated heterocycles. The van der Waals surface area contributed by atoms with Crippen molar-refractivity contribution in [1.82, 2.24) is 15.5 Å². The van der Waals surface area contributed by atoms with Crippen LogP contribution in [0.2, 0.25) is 0 Å². The fourth-order valence-electron chi connectivity index (χ4n) is 2.47. The molecular formula is C19H31N3O2. The molecule has 2 amide bonds. The zero-order valence-electron chi connectivity index (χ0n) is 15.6. The summed E-state index contributed by atoms with van der Waals surface area (Å²) >= 11 is 0. The second-order valence-electron chi connectivity index (χ2n) is 6.41. The van der Waals surface area contributed by atoms with Crippen molar-refractivity contribution >= 4 is 11.8 Å². The van der Waals surface area contributed by atoms with Gasteiger partial charge in [-0.3, -0.25) is 14.5 Å². The molecule has 0 radical (unpaired) electrons. The van der Waals surface area contributed by atoms with E-state index in [1.807, 2.05) is 32.6 Å². The van der Waals surface area contributed by atoms with Crippen LogP contribution in [0.5, 0.6) is 0 Å². The second-order valence-corrected chi connectivity index (χ2v) is 6.41. The topological polar surface area (TPSA) is 61.4 Å². The van der Waals surface area contributed by atoms with Crippen molar-refractivity contribution in [3.8, 4) is 0 Å². The van der Waals surface area contributed by atoms with E-state index in [1.54, 1.807) is 0 Å². The number of likely N-dealkylation sites (N-methyl/N-ethyl adjacent to an activating group) is 1. The van der Waals surface area contributed by atoms with Crippen molar-refractivity contribution in [3.05, 3.63) is 35.4 Å². The molecule has 134 valence electrons. The van der Waals surface area contributed by atoms with E-state index in [0.717, 1.165) is 12.0 Å². The number of benzene rings is 1. The quantitative estimate of drug-likeness (QED) is 0.729. The smallest absolute Gasteiger partial charge is 0.234 e. The molecule has 1 aromatic carbocycles. The van der Waals surface area contributed by atoms with Gasteiger partial charge in [0.2, 0.25) is 11.8 Å². The summed E-state index contributed by atoms with van der Waals surface area (Å²) in [6, 6.07) is 8.34. The maximum atomic E-state index is 12.2. The van der Waals surface area contributed by atoms with Crippen LogP contribution in [0.15, 0.2) is 24.3 Å². The van der Waals surface area contributed by atoms with Gasteiger partial charge in [0.1, 0.15) is 0 Å². The van der Waals surface area contributed by atoms with Gasteiger partial charge in [-0.05, 0) is 44.9 Å². The molecule has 0 aliphatic rings. The van der Waals surface area contributed by atoms with Crippen LogP contribution in [0.1, 0.15) is 51.8 Å². The zero-order valence-corrected chi connectivity index (χ0v) is 15.6. The molecule has 0 aromatic heterocycles. The highest BCUT2D eigenvalue weighted by molar-refractivity contribution is 5.81. The maximum absolute atomic E-state index is 12.2. The van der Waals surface area contributed by atoms with Crippen LogP contribution in [-0.4, -0.2) is 42.4 Å². The Bertz CT molecular complexity index is 526. The Kier molecular flexibility index (Phi) is 8.47. The van der Waals surface area contributed by atoms with Crippen molar-refractivity contribution in [2.75, 3.05) is 19.6 Å². The first kappa shape index (κ1) is 20.2. The fourth-order valence-corrected chi connectivity index (χ4v) is 2.47. The van der Waals surface area contributed by atoms with Gasteiger partial charge in [-0.15, -0.1) is 0 Å². The van der Waals surface area contributed by atoms with Gasteiger partial charge in [0.05, 0.1) is 19.1 Å². The van der Waals surface area contributed by atoms with Crippen LogP contribution in [0.4, 0.5) is 0 Å². The highest BCUT2D eigenvalue weighted by Gasteiger charge is 2.15. The van der Waals surface area contributed by atoms with Crippen LogP contribution < -0.4 is 10.6 Å². The molecule has 0 bridgehead atoms. The van der Waals surface area contributed by atoms with E-state index in [-0.39, 0.29) is 37.0 Å². The number of hydrogen-bond acceptors (Lipinski definition) is 3. The summed E-state index contributed by atoms with van der Waals surface area (Å²) in [6.45, 7) is 11.0. The van der Waals surface area contributed by atoms with Gasteiger partial charge in [-0.25, -0.2) is 0 Å². The van der Waals surface area contributed by atoms with Gasteiger partial charge < -0.3 is 10.6 Å². The van der Waals surface area contributed by atoms with E-state index in [0.29, 0.717) is 6.54 Å². The maximum Gasteiger partial charge on any atom is 0.234 e. The molecule has 5 nitrogen and oxygen atoms in total. The average molecular weight is 333 g/mol. The molecular weight excluding hydrogens is 302 g/mol. The lowest BCUT2D eigenvalue weighted by Crippen LogP contribution is -2.44. The highest BCUT2D eigenvalue weighted by Crippen LogP contribution is 2.13. The molecule has 0 spiro atoms. The molecule has 1 atom stereocenters. The number of carbonyl (C=O) groups is 2. The van der Waals surface area contributed by atoms with E-state index in [2.05, 4.69) is 41.8 Å². The highest BCUT2D eigenvalue weighted by atomic mass is 16.2. The lowest BCUT2D eigenvalue weighted by Gasteiger charge is -2.22. The molecule has 0 unspecified atom stereocenters. The minimum atomic E-state index is -0.0683. The molecule has 0 fully saturated rings. The third-order valence-electron chi connectivity index (χ3n) is 3.90. The largest absolute Gasteiger partial charge is 0.353 e. The van der Waals surface area contributed by atoms with Crippen molar-refractivity contribution in [3.63, 3.8) is 0 Å². The first-order valence-electron chi connectivity index (χ1n) is 8.75. The van der Waals surface area contributed by atoms with Crippen LogP contribution in [-0.2, 0) is 16.0 Å². The molecule has 0 saturated carbocycles. The monoisotopic (exact) mass is 333 g/mol. The van der Waals surface area contributed by atoms with Gasteiger partial charge in [-0.2, -0.15) is 0 Å². The Hall–Kier alpha value is -1.88. The summed E-state index contributed by atoms with van der Waals surface area (Å²) < 4.78 is 0. The molecule has 0 heterocycles. The number of carbonyl (C=O) groups excluding carboxylic acids is 2. The van der Waals surface area contributed by atoms with Crippen LogP contribution >= 0.6 is 0 Å². The Morgan fingerprint density at radius 3 is 1.96 bits per heavy atom. The first-order chi connectivity index (χ1) is 11.3. The van der Waals surface area contributed by atoms with Gasteiger partial charge in [0, 0.05) is 6.04 Å². The molecule has 1 rings (SSSR count). The number of nitrogens with zero attached hydrogens (tertiary/aromatic N) is 1. The Morgan fingerprint density at radius 2 is 1.50 bits per heavy atom. The molecule has 0 aliphatic carbocycles. The molecule has 5 heteroatoms. The van der Waals surface area contributed by atoms with Crippen LogP contribution in [0.25, 0.3) is 0 Å². The van der Waals surface area contributed by atoms with Crippen LogP contribution in [0.3, 0.4) is 0 Å². The van der Waals surface area contributed by atoms with Gasteiger partial charge in [0.15, 0.2) is 0 Å². The first-order valence-corrected chi connectivity index (χ1v) is 8.75. The standard InChI is InChI=1S/C19H31N3O2/c1-6-16-8-10-17(11-9-16)15(5)21-19(24)13-22(7-2)12-18(23)20-14(3)4/h8-11,14-15H,6-7,12-13H2,1-5H3,(H,20,23)(H,21,24)/t15-/m1/s1. The summed E-state index contributed by atoms with van der Waals surface area (Å²) in [6.07, 6.45) is 1.00. The van der Waals surface area contributed by atoms with Gasteiger partial charge >= 0.3 is 0 Å². The minimum absolute atomic E-state index is 0.0494. The number of nitrogens with one attached hydrogen (secondary N) is 2. The van der Waals surface area contributed by atoms with E-state index < -0.39 is 0 Å². The third-order valence-corrected chi connectivity index (χ3v) is 3.90. The Morgan fingerprint density at radius 1 is 0.958 bits per heavy atom. The number of aryl methyl sites for hydroxylation is 1. The zero-order chi connectivity index (χ0) is 18.1. The average Bonchev–Trinajstić information content (AvgIpc) is 2.53. The van der Waals surface area contributed by atoms with Crippen molar-refractivity contribution in [1.29, 1.82) is 0 Å². The van der Waals surface area contributed by atoms with Gasteiger partial charge in [0.25, 0.3) is 0 Å². The Balaban J connectivity index is 2.51. The van der Waals surface area contributed by atoms with Gasteiger partial charge in [-0.1, -0.05) is 38.1 Å². The molecule has 2 N–H and O–H groups in total. The predicted octanol–water partition coefficient (Wildman–Crippen LogP) is 2.27. The number of amides is 2. The molecule has 24 heavy (non-hydrogen) atoms. The lowest BCUT2D eigenvalue weighted by molar-refractivity contribution is -0.125. The SMILES string of the molecule is CCc1ccc([C@@H](C)NC(=O)CN(CC)CC(=O)NC(C)C)cc1. The lowest BCUT2D eigenvalue weighted by atomic mass is 10.1. The van der Waals surface area contributed by atoms with E-state index in [9.17, 15) is 9.59 Å².